The normalized spacial score (nSPS) is 17.7. The van der Waals surface area contributed by atoms with Crippen molar-refractivity contribution in [3.63, 3.8) is 0 Å². The van der Waals surface area contributed by atoms with Crippen molar-refractivity contribution in [1.82, 2.24) is 29.8 Å². The number of rotatable bonds is 22. The summed E-state index contributed by atoms with van der Waals surface area (Å²) in [4.78, 5) is 68.6. The molecule has 0 aliphatic carbocycles. The molecule has 5 N–H and O–H groups in total. The first kappa shape index (κ1) is 55.1. The number of benzene rings is 3. The van der Waals surface area contributed by atoms with Gasteiger partial charge in [0.1, 0.15) is 11.8 Å². The number of nitrogens with one attached hydrogen (secondary N) is 1. The molecule has 1 amide bonds. The molecule has 5 rings (SSSR count). The highest BCUT2D eigenvalue weighted by Crippen LogP contribution is 2.38. The zero-order chi connectivity index (χ0) is 50.6. The SMILES string of the molecule is Cc1c(/C=C/c2cc(OCCCCCCNC(=O)CN3CCN(CC(=O)O)CCN(CC(=O)O)CCN(CC(=O)O)CC3)c(CN3CCCC[C@H]3C(=O)O)cc2C(F)(F)F)cccc1-c1ccccc1. The van der Waals surface area contributed by atoms with Crippen molar-refractivity contribution >= 4 is 41.9 Å². The zero-order valence-corrected chi connectivity index (χ0v) is 39.9. The maximum Gasteiger partial charge on any atom is 0.417 e. The lowest BCUT2D eigenvalue weighted by atomic mass is 9.95. The summed E-state index contributed by atoms with van der Waals surface area (Å²) < 4.78 is 50.7. The highest BCUT2D eigenvalue weighted by Gasteiger charge is 2.35. The number of aliphatic carboxylic acids is 4. The fourth-order valence-corrected chi connectivity index (χ4v) is 8.94. The van der Waals surface area contributed by atoms with Crippen LogP contribution in [0.3, 0.4) is 0 Å². The standard InChI is InChI=1S/C51H67F3N6O10/c1-37-38(14-11-15-42(37)39-12-5-4-6-13-39)17-18-40-31-45(41(30-43(40)51(52,53)54)32-60-20-9-7-16-44(60)50(68)69)70-29-10-3-2-8-19-55-46(61)33-56-21-23-57(34-47(62)63)25-27-59(36-49(66)67)28-26-58(24-22-56)35-48(64)65/h4-6,11-15,17-18,30-31,44H,2-3,7-10,16,19-29,32-36H2,1H3,(H,55,61)(H,62,63)(H,64,65)(H,66,67)(H,68,69)/b18-17+/t44-/m0/s1. The highest BCUT2D eigenvalue weighted by atomic mass is 19.4. The van der Waals surface area contributed by atoms with Gasteiger partial charge >= 0.3 is 30.1 Å². The fourth-order valence-electron chi connectivity index (χ4n) is 8.94. The Bertz CT molecular complexity index is 2210. The van der Waals surface area contributed by atoms with Crippen molar-refractivity contribution in [2.24, 2.45) is 0 Å². The fraction of sp³-hybridized carbons (Fsp3) is 0.510. The molecule has 1 atom stereocenters. The van der Waals surface area contributed by atoms with E-state index < -0.39 is 41.7 Å². The Morgan fingerprint density at radius 2 is 1.23 bits per heavy atom. The van der Waals surface area contributed by atoms with E-state index in [0.29, 0.717) is 64.7 Å². The number of carbonyl (C=O) groups excluding carboxylic acids is 1. The molecule has 382 valence electrons. The molecule has 0 saturated carbocycles. The van der Waals surface area contributed by atoms with Crippen molar-refractivity contribution < 1.29 is 62.3 Å². The van der Waals surface area contributed by atoms with Crippen molar-refractivity contribution in [1.29, 1.82) is 0 Å². The van der Waals surface area contributed by atoms with Crippen LogP contribution in [0, 0.1) is 6.92 Å². The molecule has 2 saturated heterocycles. The van der Waals surface area contributed by atoms with Crippen LogP contribution in [0.2, 0.25) is 0 Å². The lowest BCUT2D eigenvalue weighted by Crippen LogP contribution is -2.49. The first-order chi connectivity index (χ1) is 33.5. The van der Waals surface area contributed by atoms with Gasteiger partial charge in [-0.1, -0.05) is 79.9 Å². The molecule has 2 aliphatic rings. The molecular formula is C51H67F3N6O10. The number of carboxylic acids is 4. The van der Waals surface area contributed by atoms with Gasteiger partial charge in [0, 0.05) is 71.0 Å². The molecule has 70 heavy (non-hydrogen) atoms. The number of carbonyl (C=O) groups is 5. The third kappa shape index (κ3) is 18.1. The Morgan fingerprint density at radius 3 is 1.79 bits per heavy atom. The average molecular weight is 981 g/mol. The smallest absolute Gasteiger partial charge is 0.417 e. The number of halogens is 3. The van der Waals surface area contributed by atoms with Crippen LogP contribution in [0.1, 0.15) is 72.8 Å². The van der Waals surface area contributed by atoms with Crippen molar-refractivity contribution in [2.75, 3.05) is 98.2 Å². The van der Waals surface area contributed by atoms with E-state index in [1.807, 2.05) is 60.4 Å². The number of hydrogen-bond acceptors (Lipinski definition) is 11. The summed E-state index contributed by atoms with van der Waals surface area (Å²) in [6.07, 6.45) is 2.86. The van der Waals surface area contributed by atoms with E-state index in [-0.39, 0.29) is 101 Å². The third-order valence-corrected chi connectivity index (χ3v) is 12.7. The van der Waals surface area contributed by atoms with Crippen LogP contribution in [-0.4, -0.2) is 179 Å². The van der Waals surface area contributed by atoms with Crippen LogP contribution in [0.5, 0.6) is 5.75 Å². The van der Waals surface area contributed by atoms with Crippen LogP contribution in [-0.2, 0) is 36.7 Å². The van der Waals surface area contributed by atoms with E-state index >= 15 is 0 Å². The minimum Gasteiger partial charge on any atom is -0.493 e. The van der Waals surface area contributed by atoms with E-state index in [0.717, 1.165) is 34.7 Å². The second kappa shape index (κ2) is 27.5. The van der Waals surface area contributed by atoms with Crippen LogP contribution in [0.25, 0.3) is 23.3 Å². The molecule has 2 aliphatic heterocycles. The van der Waals surface area contributed by atoms with E-state index in [1.54, 1.807) is 25.7 Å². The third-order valence-electron chi connectivity index (χ3n) is 12.7. The van der Waals surface area contributed by atoms with E-state index in [9.17, 15) is 57.6 Å². The number of piperidine rings is 1. The molecule has 2 fully saturated rings. The number of hydrogen-bond donors (Lipinski definition) is 5. The average Bonchev–Trinajstić information content (AvgIpc) is 3.30. The summed E-state index contributed by atoms with van der Waals surface area (Å²) in [7, 11) is 0. The maximum atomic E-state index is 14.8. The number of nitrogens with zero attached hydrogens (tertiary/aromatic N) is 5. The molecule has 3 aromatic carbocycles. The summed E-state index contributed by atoms with van der Waals surface area (Å²) >= 11 is 0. The lowest BCUT2D eigenvalue weighted by Gasteiger charge is -2.33. The second-order valence-electron chi connectivity index (χ2n) is 18.0. The van der Waals surface area contributed by atoms with Gasteiger partial charge in [0.2, 0.25) is 5.91 Å². The van der Waals surface area contributed by atoms with Gasteiger partial charge in [0.05, 0.1) is 38.3 Å². The monoisotopic (exact) mass is 980 g/mol. The van der Waals surface area contributed by atoms with Crippen LogP contribution >= 0.6 is 0 Å². The number of unbranched alkanes of at least 4 members (excludes halogenated alkanes) is 3. The van der Waals surface area contributed by atoms with Gasteiger partial charge in [0.15, 0.2) is 0 Å². The Hall–Kier alpha value is -5.86. The number of carboxylic acid groups (broad SMARTS) is 4. The summed E-state index contributed by atoms with van der Waals surface area (Å²) in [5.41, 5.74) is 2.95. The van der Waals surface area contributed by atoms with Gasteiger partial charge in [-0.05, 0) is 79.1 Å². The second-order valence-corrected chi connectivity index (χ2v) is 18.0. The number of alkyl halides is 3. The predicted molar refractivity (Wildman–Crippen MR) is 258 cm³/mol. The first-order valence-electron chi connectivity index (χ1n) is 23.9. The van der Waals surface area contributed by atoms with Crippen molar-refractivity contribution in [3.8, 4) is 16.9 Å². The molecule has 0 spiro atoms. The number of likely N-dealkylation sites (tertiary alicyclic amines) is 1. The van der Waals surface area contributed by atoms with E-state index in [2.05, 4.69) is 5.32 Å². The molecule has 16 nitrogen and oxygen atoms in total. The Labute approximate surface area is 407 Å². The van der Waals surface area contributed by atoms with Gasteiger partial charge < -0.3 is 30.5 Å². The van der Waals surface area contributed by atoms with Crippen LogP contribution < -0.4 is 10.1 Å². The molecule has 0 bridgehead atoms. The van der Waals surface area contributed by atoms with E-state index in [4.69, 9.17) is 4.74 Å². The van der Waals surface area contributed by atoms with Gasteiger partial charge in [-0.3, -0.25) is 48.5 Å². The quantitative estimate of drug-likeness (QED) is 0.0595. The molecule has 19 heteroatoms. The van der Waals surface area contributed by atoms with Crippen LogP contribution in [0.15, 0.2) is 60.7 Å². The summed E-state index contributed by atoms with van der Waals surface area (Å²) in [5.74, 6) is -4.14. The minimum atomic E-state index is -4.71. The Morgan fingerprint density at radius 1 is 0.671 bits per heavy atom. The maximum absolute atomic E-state index is 14.8. The summed E-state index contributed by atoms with van der Waals surface area (Å²) in [5, 5.41) is 41.3. The number of amides is 1. The van der Waals surface area contributed by atoms with Gasteiger partial charge in [-0.25, -0.2) is 0 Å². The lowest BCUT2D eigenvalue weighted by molar-refractivity contribution is -0.145. The van der Waals surface area contributed by atoms with Crippen molar-refractivity contribution in [3.05, 3.63) is 88.5 Å². The van der Waals surface area contributed by atoms with Gasteiger partial charge in [-0.2, -0.15) is 13.2 Å². The van der Waals surface area contributed by atoms with Crippen molar-refractivity contribution in [2.45, 2.75) is 70.6 Å². The summed E-state index contributed by atoms with van der Waals surface area (Å²) in [6, 6.07) is 17.1. The zero-order valence-electron chi connectivity index (χ0n) is 39.9. The molecule has 0 unspecified atom stereocenters. The molecule has 2 heterocycles. The molecular weight excluding hydrogens is 914 g/mol. The van der Waals surface area contributed by atoms with E-state index in [1.165, 1.54) is 12.1 Å². The predicted octanol–water partition coefficient (Wildman–Crippen LogP) is 5.82. The molecule has 0 radical (unpaired) electrons. The molecule has 3 aromatic rings. The van der Waals surface area contributed by atoms with Gasteiger partial charge in [-0.15, -0.1) is 0 Å². The highest BCUT2D eigenvalue weighted by molar-refractivity contribution is 5.79. The largest absolute Gasteiger partial charge is 0.493 e. The first-order valence-corrected chi connectivity index (χ1v) is 23.9. The van der Waals surface area contributed by atoms with Crippen LogP contribution in [0.4, 0.5) is 13.2 Å². The topological polar surface area (TPSA) is 204 Å². The molecule has 0 aromatic heterocycles. The number of ether oxygens (including phenoxy) is 1. The Kier molecular flexibility index (Phi) is 21.6. The van der Waals surface area contributed by atoms with Gasteiger partial charge in [0.25, 0.3) is 0 Å². The Balaban J connectivity index is 1.20. The minimum absolute atomic E-state index is 0.00222. The summed E-state index contributed by atoms with van der Waals surface area (Å²) in [6.45, 7) is 4.38.